The number of anilines is 2. The molecule has 15 heteroatoms. The number of benzene rings is 2. The van der Waals surface area contributed by atoms with E-state index < -0.39 is 35.3 Å². The number of nitriles is 1. The first kappa shape index (κ1) is 34.6. The maximum atomic E-state index is 17.1. The summed E-state index contributed by atoms with van der Waals surface area (Å²) < 4.78 is 53.2. The van der Waals surface area contributed by atoms with Crippen LogP contribution in [-0.4, -0.2) is 90.9 Å². The maximum Gasteiger partial charge on any atom is 0.319 e. The summed E-state index contributed by atoms with van der Waals surface area (Å²) >= 11 is 0. The molecule has 0 radical (unpaired) electrons. The van der Waals surface area contributed by atoms with Gasteiger partial charge in [0.1, 0.15) is 41.4 Å². The van der Waals surface area contributed by atoms with Crippen molar-refractivity contribution in [3.63, 3.8) is 0 Å². The minimum atomic E-state index is -1.20. The molecule has 6 heterocycles. The highest BCUT2D eigenvalue weighted by atomic mass is 19.1. The second-order valence-electron chi connectivity index (χ2n) is 14.0. The molecule has 272 valence electrons. The Kier molecular flexibility index (Phi) is 8.44. The van der Waals surface area contributed by atoms with Gasteiger partial charge in [-0.2, -0.15) is 15.2 Å². The van der Waals surface area contributed by atoms with Gasteiger partial charge in [0.25, 0.3) is 0 Å². The molecule has 3 aliphatic heterocycles. The van der Waals surface area contributed by atoms with Gasteiger partial charge in [0, 0.05) is 49.1 Å². The summed E-state index contributed by atoms with van der Waals surface area (Å²) in [4.78, 5) is 40.4. The van der Waals surface area contributed by atoms with Crippen LogP contribution < -0.4 is 14.5 Å². The number of ether oxygens (including phenoxy) is 1. The first-order valence-corrected chi connectivity index (χ1v) is 17.2. The van der Waals surface area contributed by atoms with E-state index in [1.807, 2.05) is 4.90 Å². The van der Waals surface area contributed by atoms with Crippen LogP contribution in [0.5, 0.6) is 11.8 Å². The molecule has 2 aromatic carbocycles. The highest BCUT2D eigenvalue weighted by molar-refractivity contribution is 6.03. The van der Waals surface area contributed by atoms with Crippen molar-refractivity contribution in [1.29, 1.82) is 5.26 Å². The van der Waals surface area contributed by atoms with Crippen molar-refractivity contribution >= 4 is 39.3 Å². The number of aromatic hydroxyl groups is 1. The number of hydrogen-bond acceptors (Lipinski definition) is 11. The van der Waals surface area contributed by atoms with E-state index in [1.54, 1.807) is 35.2 Å². The van der Waals surface area contributed by atoms with Crippen molar-refractivity contribution < 1.29 is 27.8 Å². The number of nitrogens with zero attached hydrogens (tertiary/aromatic N) is 9. The summed E-state index contributed by atoms with van der Waals surface area (Å²) in [5.41, 5.74) is -1.49. The maximum absolute atomic E-state index is 17.1. The van der Waals surface area contributed by atoms with Crippen LogP contribution in [0.1, 0.15) is 25.3 Å². The van der Waals surface area contributed by atoms with E-state index in [0.717, 1.165) is 0 Å². The van der Waals surface area contributed by atoms with Gasteiger partial charge in [0.15, 0.2) is 5.82 Å². The van der Waals surface area contributed by atoms with Gasteiger partial charge in [-0.25, -0.2) is 23.1 Å². The fourth-order valence-electron chi connectivity index (χ4n) is 8.17. The summed E-state index contributed by atoms with van der Waals surface area (Å²) in [5, 5.41) is 21.3. The van der Waals surface area contributed by atoms with Crippen LogP contribution >= 0.6 is 0 Å². The smallest absolute Gasteiger partial charge is 0.319 e. The Balaban J connectivity index is 1.26. The molecule has 1 amide bonds. The van der Waals surface area contributed by atoms with Crippen LogP contribution in [0, 0.1) is 41.2 Å². The molecule has 54 heavy (non-hydrogen) atoms. The van der Waals surface area contributed by atoms with Crippen LogP contribution in [0.2, 0.25) is 0 Å². The SMILES string of the molecule is C#Cc1c(F)ccc2cc(O)cc(-c3ncc4c(N5C[C@H]6CC(C#N)[C@@H](C5)N6C(=O)C=C)nc(OC[C@]5(C)C[C@@H](F)CN5c5ncccn5)nc4c3F)c12. The van der Waals surface area contributed by atoms with Crippen molar-refractivity contribution in [2.75, 3.05) is 36.0 Å². The lowest BCUT2D eigenvalue weighted by Crippen LogP contribution is -2.56. The number of hydrogen-bond donors (Lipinski definition) is 1. The van der Waals surface area contributed by atoms with E-state index in [-0.39, 0.29) is 95.3 Å². The summed E-state index contributed by atoms with van der Waals surface area (Å²) in [5.74, 6) is 0.296. The zero-order chi connectivity index (χ0) is 37.9. The molecule has 0 saturated carbocycles. The van der Waals surface area contributed by atoms with Gasteiger partial charge in [0.05, 0.1) is 47.1 Å². The van der Waals surface area contributed by atoms with Crippen molar-refractivity contribution in [3.05, 3.63) is 78.8 Å². The highest BCUT2D eigenvalue weighted by Gasteiger charge is 2.49. The molecule has 3 aromatic heterocycles. The minimum absolute atomic E-state index is 0.0337. The molecule has 3 aliphatic rings. The van der Waals surface area contributed by atoms with E-state index in [1.165, 1.54) is 36.5 Å². The average molecular weight is 732 g/mol. The van der Waals surface area contributed by atoms with E-state index >= 15 is 4.39 Å². The zero-order valence-electron chi connectivity index (χ0n) is 29.0. The second-order valence-corrected chi connectivity index (χ2v) is 14.0. The summed E-state index contributed by atoms with van der Waals surface area (Å²) in [7, 11) is 0. The second kappa shape index (κ2) is 13.2. The summed E-state index contributed by atoms with van der Waals surface area (Å²) in [6.45, 7) is 5.78. The lowest BCUT2D eigenvalue weighted by Gasteiger charge is -2.41. The third kappa shape index (κ3) is 5.64. The Bertz CT molecular complexity index is 2440. The Hall–Kier alpha value is -6.48. The van der Waals surface area contributed by atoms with Crippen molar-refractivity contribution in [2.45, 2.75) is 43.6 Å². The predicted octanol–water partition coefficient (Wildman–Crippen LogP) is 5.10. The van der Waals surface area contributed by atoms with Gasteiger partial charge in [-0.1, -0.05) is 18.6 Å². The standard InChI is InChI=1S/C39H32F3N9O3/c1-4-26-29(41)8-7-21-12-25(52)13-27(32(21)26)34-33(42)35-28(16-46-34)36(49-18-24-11-22(15-43)30(19-49)51(24)31(53)5-2)48-38(47-35)54-20-39(3)14-23(40)17-50(39)37-44-9-6-10-45-37/h1,5-10,12-13,16,22-24,30,52H,2,11,14,17-20H2,3H3/t22?,23-,24-,30-,39+/m1/s1. The summed E-state index contributed by atoms with van der Waals surface area (Å²) in [6, 6.07) is 8.12. The van der Waals surface area contributed by atoms with E-state index in [4.69, 9.17) is 16.1 Å². The molecule has 5 atom stereocenters. The van der Waals surface area contributed by atoms with Crippen LogP contribution in [0.3, 0.4) is 0 Å². The first-order chi connectivity index (χ1) is 26.0. The molecule has 0 spiro atoms. The molecule has 1 N–H and O–H groups in total. The molecule has 3 fully saturated rings. The fourth-order valence-corrected chi connectivity index (χ4v) is 8.17. The van der Waals surface area contributed by atoms with Gasteiger partial charge in [-0.15, -0.1) is 6.42 Å². The Labute approximate surface area is 307 Å². The van der Waals surface area contributed by atoms with E-state index in [2.05, 4.69) is 38.5 Å². The van der Waals surface area contributed by atoms with Crippen LogP contribution in [0.15, 0.2) is 61.6 Å². The molecular formula is C39H32F3N9O3. The number of carbonyl (C=O) groups is 1. The number of halogens is 3. The normalized spacial score (nSPS) is 23.4. The van der Waals surface area contributed by atoms with Crippen LogP contribution in [-0.2, 0) is 4.79 Å². The van der Waals surface area contributed by atoms with Crippen molar-refractivity contribution in [1.82, 2.24) is 29.8 Å². The third-order valence-electron chi connectivity index (χ3n) is 10.6. The van der Waals surface area contributed by atoms with Gasteiger partial charge in [-0.3, -0.25) is 9.78 Å². The predicted molar refractivity (Wildman–Crippen MR) is 193 cm³/mol. The number of carbonyl (C=O) groups excluding carboxylic acids is 1. The molecule has 8 rings (SSSR count). The van der Waals surface area contributed by atoms with Crippen molar-refractivity contribution in [3.8, 4) is 41.4 Å². The molecular weight excluding hydrogens is 699 g/mol. The number of pyridine rings is 1. The number of amides is 1. The Morgan fingerprint density at radius 1 is 1.19 bits per heavy atom. The lowest BCUT2D eigenvalue weighted by molar-refractivity contribution is -0.129. The molecule has 0 aliphatic carbocycles. The van der Waals surface area contributed by atoms with Crippen LogP contribution in [0.25, 0.3) is 32.9 Å². The number of phenols is 1. The third-order valence-corrected chi connectivity index (χ3v) is 10.6. The minimum Gasteiger partial charge on any atom is -0.508 e. The average Bonchev–Trinajstić information content (AvgIpc) is 3.60. The molecule has 5 aromatic rings. The summed E-state index contributed by atoms with van der Waals surface area (Å²) in [6.07, 6.45) is 10.7. The topological polar surface area (TPSA) is 144 Å². The number of phenolic OH excluding ortho intramolecular Hbond substituents is 1. The number of alkyl halides is 1. The quantitative estimate of drug-likeness (QED) is 0.176. The zero-order valence-corrected chi connectivity index (χ0v) is 29.0. The van der Waals surface area contributed by atoms with Gasteiger partial charge < -0.3 is 24.5 Å². The molecule has 12 nitrogen and oxygen atoms in total. The first-order valence-electron chi connectivity index (χ1n) is 17.2. The number of piperazine rings is 1. The Morgan fingerprint density at radius 2 is 1.98 bits per heavy atom. The number of aromatic nitrogens is 5. The largest absolute Gasteiger partial charge is 0.508 e. The number of terminal acetylenes is 1. The van der Waals surface area contributed by atoms with Gasteiger partial charge in [-0.05, 0) is 49.1 Å². The number of fused-ring (bicyclic) bond motifs is 4. The van der Waals surface area contributed by atoms with Crippen molar-refractivity contribution in [2.24, 2.45) is 5.92 Å². The monoisotopic (exact) mass is 731 g/mol. The Morgan fingerprint density at radius 3 is 2.72 bits per heavy atom. The highest BCUT2D eigenvalue weighted by Crippen LogP contribution is 2.42. The molecule has 2 bridgehead atoms. The van der Waals surface area contributed by atoms with Gasteiger partial charge >= 0.3 is 6.01 Å². The fraction of sp³-hybridized carbons (Fsp3) is 0.308. The van der Waals surface area contributed by atoms with Gasteiger partial charge in [0.2, 0.25) is 11.9 Å². The van der Waals surface area contributed by atoms with E-state index in [0.29, 0.717) is 17.8 Å². The number of rotatable bonds is 7. The van der Waals surface area contributed by atoms with E-state index in [9.17, 15) is 23.9 Å². The lowest BCUT2D eigenvalue weighted by atomic mass is 9.96. The molecule has 3 saturated heterocycles. The van der Waals surface area contributed by atoms with Crippen LogP contribution in [0.4, 0.5) is 24.9 Å². The molecule has 1 unspecified atom stereocenters.